The molecule has 0 radical (unpaired) electrons. The van der Waals surface area contributed by atoms with Gasteiger partial charge in [0.15, 0.2) is 6.10 Å². The van der Waals surface area contributed by atoms with Gasteiger partial charge < -0.3 is 24.0 Å². The highest BCUT2D eigenvalue weighted by Crippen LogP contribution is 2.43. The lowest BCUT2D eigenvalue weighted by Crippen LogP contribution is -2.37. The van der Waals surface area contributed by atoms with Gasteiger partial charge in [-0.15, -0.1) is 0 Å². The van der Waals surface area contributed by atoms with Crippen molar-refractivity contribution < 1.29 is 47.2 Å². The monoisotopic (exact) mass is 873 g/mol. The maximum absolute atomic E-state index is 12.7. The lowest BCUT2D eigenvalue weighted by Gasteiger charge is -2.24. The standard InChI is InChI=1S/C50H82NO9P/c1-6-8-10-12-14-16-18-20-21-22-23-24-25-27-29-31-33-35-37-41-49(53)57-45-48(46-59-61(55,56)58-44-43-51(3,4)5)60-50(54)42-38-40-47(52)39-36-34-32-30-28-26-19-17-15-13-11-9-7-2/h8,10,14-17,20-21,23-24,26-29,32,34,36,39,47-48,52H,6-7,9,11-13,18-19,22,25,30-31,33,35,37-38,40-46H2,1-5H3/p+1/b10-8-,16-14-,17-15-,21-20-,24-23-,28-26-,29-27-,34-32-,39-36+/t47-,48+/m0/s1. The molecule has 11 heteroatoms. The van der Waals surface area contributed by atoms with Gasteiger partial charge in [0, 0.05) is 12.8 Å². The molecule has 2 N–H and O–H groups in total. The maximum atomic E-state index is 12.7. The number of esters is 2. The zero-order valence-electron chi connectivity index (χ0n) is 38.5. The minimum absolute atomic E-state index is 0.00228. The first-order valence-electron chi connectivity index (χ1n) is 22.7. The molecule has 0 bridgehead atoms. The van der Waals surface area contributed by atoms with Crippen LogP contribution in [-0.4, -0.2) is 86.1 Å². The van der Waals surface area contributed by atoms with Crippen LogP contribution in [-0.2, 0) is 32.7 Å². The number of quaternary nitrogens is 1. The zero-order valence-corrected chi connectivity index (χ0v) is 39.4. The number of carbonyl (C=O) groups excluding carboxylic acids is 2. The van der Waals surface area contributed by atoms with Crippen molar-refractivity contribution in [2.75, 3.05) is 47.5 Å². The highest BCUT2D eigenvalue weighted by atomic mass is 31.2. The molecule has 0 rings (SSSR count). The molecule has 0 fully saturated rings. The molecule has 1 unspecified atom stereocenters. The predicted molar refractivity (Wildman–Crippen MR) is 253 cm³/mol. The molecule has 0 saturated carbocycles. The summed E-state index contributed by atoms with van der Waals surface area (Å²) in [5.41, 5.74) is 0. The second kappa shape index (κ2) is 40.7. The average molecular weight is 873 g/mol. The maximum Gasteiger partial charge on any atom is 0.472 e. The fourth-order valence-corrected chi connectivity index (χ4v) is 6.06. The number of ether oxygens (including phenoxy) is 2. The van der Waals surface area contributed by atoms with Crippen LogP contribution in [0, 0.1) is 0 Å². The summed E-state index contributed by atoms with van der Waals surface area (Å²) >= 11 is 0. The molecule has 61 heavy (non-hydrogen) atoms. The Kier molecular flexibility index (Phi) is 38.4. The molecular weight excluding hydrogens is 790 g/mol. The van der Waals surface area contributed by atoms with Crippen LogP contribution >= 0.6 is 7.82 Å². The van der Waals surface area contributed by atoms with E-state index >= 15 is 0 Å². The molecular formula is C50H83NO9P+. The minimum atomic E-state index is -4.45. The van der Waals surface area contributed by atoms with Crippen LogP contribution in [0.4, 0.5) is 0 Å². The highest BCUT2D eigenvalue weighted by molar-refractivity contribution is 7.47. The van der Waals surface area contributed by atoms with Crippen molar-refractivity contribution >= 4 is 19.8 Å². The second-order valence-electron chi connectivity index (χ2n) is 15.9. The molecule has 0 aromatic rings. The minimum Gasteiger partial charge on any atom is -0.462 e. The van der Waals surface area contributed by atoms with E-state index in [1.165, 1.54) is 19.3 Å². The topological polar surface area (TPSA) is 129 Å². The van der Waals surface area contributed by atoms with Crippen molar-refractivity contribution in [3.63, 3.8) is 0 Å². The Morgan fingerprint density at radius 2 is 1.13 bits per heavy atom. The largest absolute Gasteiger partial charge is 0.472 e. The Bertz CT molecular complexity index is 1420. The number of unbranched alkanes of at least 4 members (excludes halogenated alkanes) is 6. The number of allylic oxidation sites excluding steroid dienone is 17. The van der Waals surface area contributed by atoms with Gasteiger partial charge in [-0.25, -0.2) is 4.57 Å². The lowest BCUT2D eigenvalue weighted by atomic mass is 10.1. The summed E-state index contributed by atoms with van der Waals surface area (Å²) in [7, 11) is 1.32. The lowest BCUT2D eigenvalue weighted by molar-refractivity contribution is -0.870. The number of rotatable bonds is 39. The Morgan fingerprint density at radius 3 is 1.69 bits per heavy atom. The first-order chi connectivity index (χ1) is 29.4. The van der Waals surface area contributed by atoms with Crippen LogP contribution in [0.5, 0.6) is 0 Å². The second-order valence-corrected chi connectivity index (χ2v) is 17.3. The number of aliphatic hydroxyl groups is 1. The molecule has 0 aliphatic carbocycles. The predicted octanol–water partition coefficient (Wildman–Crippen LogP) is 12.1. The van der Waals surface area contributed by atoms with Crippen molar-refractivity contribution in [3.05, 3.63) is 109 Å². The molecule has 10 nitrogen and oxygen atoms in total. The molecule has 0 saturated heterocycles. The van der Waals surface area contributed by atoms with Crippen LogP contribution in [0.25, 0.3) is 0 Å². The summed E-state index contributed by atoms with van der Waals surface area (Å²) in [5, 5.41) is 10.3. The third-order valence-corrected chi connectivity index (χ3v) is 9.88. The van der Waals surface area contributed by atoms with Gasteiger partial charge in [-0.2, -0.15) is 0 Å². The normalized spacial score (nSPS) is 15.1. The van der Waals surface area contributed by atoms with Gasteiger partial charge in [0.1, 0.15) is 19.8 Å². The van der Waals surface area contributed by atoms with Crippen molar-refractivity contribution in [1.82, 2.24) is 0 Å². The molecule has 0 aliphatic rings. The van der Waals surface area contributed by atoms with E-state index in [1.54, 1.807) is 12.2 Å². The summed E-state index contributed by atoms with van der Waals surface area (Å²) in [6.07, 6.45) is 51.7. The number of phosphoric acid groups is 1. The van der Waals surface area contributed by atoms with Crippen molar-refractivity contribution in [3.8, 4) is 0 Å². The van der Waals surface area contributed by atoms with Gasteiger partial charge in [-0.3, -0.25) is 18.6 Å². The number of likely N-dealkylation sites (N-methyl/N-ethyl adjacent to an activating group) is 1. The Morgan fingerprint density at radius 1 is 0.607 bits per heavy atom. The molecule has 3 atom stereocenters. The Hall–Kier alpha value is -3.37. The van der Waals surface area contributed by atoms with Gasteiger partial charge in [0.05, 0.1) is 33.9 Å². The molecule has 0 spiro atoms. The van der Waals surface area contributed by atoms with E-state index in [0.29, 0.717) is 30.3 Å². The van der Waals surface area contributed by atoms with Gasteiger partial charge in [-0.1, -0.05) is 142 Å². The van der Waals surface area contributed by atoms with Crippen LogP contribution in [0.1, 0.15) is 136 Å². The van der Waals surface area contributed by atoms with E-state index in [0.717, 1.165) is 70.6 Å². The van der Waals surface area contributed by atoms with Crippen molar-refractivity contribution in [2.24, 2.45) is 0 Å². The van der Waals surface area contributed by atoms with Gasteiger partial charge in [0.25, 0.3) is 0 Å². The van der Waals surface area contributed by atoms with E-state index in [-0.39, 0.29) is 26.1 Å². The first-order valence-corrected chi connectivity index (χ1v) is 24.2. The van der Waals surface area contributed by atoms with E-state index in [1.807, 2.05) is 33.3 Å². The number of hydrogen-bond acceptors (Lipinski definition) is 8. The number of nitrogens with zero attached hydrogens (tertiary/aromatic N) is 1. The van der Waals surface area contributed by atoms with Crippen molar-refractivity contribution in [1.29, 1.82) is 0 Å². The van der Waals surface area contributed by atoms with E-state index in [9.17, 15) is 24.2 Å². The van der Waals surface area contributed by atoms with Gasteiger partial charge in [0.2, 0.25) is 0 Å². The van der Waals surface area contributed by atoms with Gasteiger partial charge in [-0.05, 0) is 89.9 Å². The molecule has 0 aromatic heterocycles. The van der Waals surface area contributed by atoms with Gasteiger partial charge >= 0.3 is 19.8 Å². The summed E-state index contributed by atoms with van der Waals surface area (Å²) in [5.74, 6) is -1.05. The third kappa shape index (κ3) is 44.5. The Labute approximate surface area is 370 Å². The smallest absolute Gasteiger partial charge is 0.462 e. The summed E-state index contributed by atoms with van der Waals surface area (Å²) in [6, 6.07) is 0. The number of aliphatic hydroxyl groups excluding tert-OH is 1. The Balaban J connectivity index is 4.62. The SMILES string of the molecule is CC/C=C\C/C=C\C/C=C\C/C=C\C/C=C\CCCCCC(=O)OC[C@H](COP(=O)(O)OCC[N+](C)(C)C)OC(=O)CCC[C@@H](O)/C=C/C=C\C/C=C\C/C=C\CCCCC. The number of carbonyl (C=O) groups is 2. The van der Waals surface area contributed by atoms with E-state index < -0.39 is 38.6 Å². The summed E-state index contributed by atoms with van der Waals surface area (Å²) < 4.78 is 34.1. The molecule has 0 aliphatic heterocycles. The van der Waals surface area contributed by atoms with E-state index in [2.05, 4.69) is 98.9 Å². The molecule has 0 amide bonds. The molecule has 0 heterocycles. The highest BCUT2D eigenvalue weighted by Gasteiger charge is 2.27. The zero-order chi connectivity index (χ0) is 45.1. The van der Waals surface area contributed by atoms with Crippen LogP contribution in [0.2, 0.25) is 0 Å². The van der Waals surface area contributed by atoms with E-state index in [4.69, 9.17) is 18.5 Å². The average Bonchev–Trinajstić information content (AvgIpc) is 3.21. The fourth-order valence-electron chi connectivity index (χ4n) is 5.32. The third-order valence-electron chi connectivity index (χ3n) is 8.89. The molecule has 0 aromatic carbocycles. The first kappa shape index (κ1) is 57.6. The molecule has 346 valence electrons. The van der Waals surface area contributed by atoms with Crippen LogP contribution in [0.15, 0.2) is 109 Å². The fraction of sp³-hybridized carbons (Fsp3) is 0.600. The number of phosphoric ester groups is 1. The summed E-state index contributed by atoms with van der Waals surface area (Å²) in [6.45, 7) is 3.98. The number of hydrogen-bond donors (Lipinski definition) is 2. The quantitative estimate of drug-likeness (QED) is 0.0155. The van der Waals surface area contributed by atoms with Crippen molar-refractivity contribution in [2.45, 2.75) is 148 Å². The van der Waals surface area contributed by atoms with Crippen LogP contribution in [0.3, 0.4) is 0 Å². The van der Waals surface area contributed by atoms with Crippen LogP contribution < -0.4 is 0 Å². The summed E-state index contributed by atoms with van der Waals surface area (Å²) in [4.78, 5) is 35.4.